The van der Waals surface area contributed by atoms with Crippen LogP contribution in [0.5, 0.6) is 0 Å². The normalized spacial score (nSPS) is 10.0. The van der Waals surface area contributed by atoms with E-state index in [0.717, 1.165) is 0 Å². The van der Waals surface area contributed by atoms with Crippen molar-refractivity contribution in [2.24, 2.45) is 0 Å². The molecule has 0 atom stereocenters. The molecular weight excluding hydrogens is 236 g/mol. The third-order valence-electron chi connectivity index (χ3n) is 2.92. The molecule has 0 saturated heterocycles. The molecule has 0 aliphatic heterocycles. The Bertz CT molecular complexity index is 641. The fourth-order valence-corrected chi connectivity index (χ4v) is 1.89. The summed E-state index contributed by atoms with van der Waals surface area (Å²) in [6.07, 6.45) is 0. The molecular formula is C15H16N4. The Balaban J connectivity index is 2.17. The molecule has 1 aromatic heterocycles. The number of hydrogen-bond acceptors (Lipinski definition) is 4. The lowest BCUT2D eigenvalue weighted by Gasteiger charge is -2.10. The van der Waals surface area contributed by atoms with E-state index in [1.54, 1.807) is 13.0 Å². The molecule has 4 heteroatoms. The van der Waals surface area contributed by atoms with Crippen LogP contribution in [0.3, 0.4) is 0 Å². The average Bonchev–Trinajstić information content (AvgIpc) is 2.39. The van der Waals surface area contributed by atoms with Crippen LogP contribution in [-0.2, 0) is 6.54 Å². The summed E-state index contributed by atoms with van der Waals surface area (Å²) in [5.41, 5.74) is 4.09. The Labute approximate surface area is 113 Å². The Morgan fingerprint density at radius 1 is 1.16 bits per heavy atom. The second-order valence-corrected chi connectivity index (χ2v) is 4.58. The van der Waals surface area contributed by atoms with Crippen molar-refractivity contribution in [3.63, 3.8) is 0 Å². The number of anilines is 1. The maximum Gasteiger partial charge on any atom is 0.146 e. The van der Waals surface area contributed by atoms with Crippen LogP contribution in [0, 0.1) is 32.1 Å². The monoisotopic (exact) mass is 252 g/mol. The lowest BCUT2D eigenvalue weighted by atomic mass is 10.1. The Kier molecular flexibility index (Phi) is 3.76. The number of nitrogens with zero attached hydrogens (tertiary/aromatic N) is 3. The third kappa shape index (κ3) is 3.29. The topological polar surface area (TPSA) is 61.6 Å². The van der Waals surface area contributed by atoms with Crippen LogP contribution >= 0.6 is 0 Å². The van der Waals surface area contributed by atoms with Gasteiger partial charge in [-0.3, -0.25) is 0 Å². The summed E-state index contributed by atoms with van der Waals surface area (Å²) in [5, 5.41) is 12.1. The van der Waals surface area contributed by atoms with Crippen molar-refractivity contribution in [3.05, 3.63) is 52.5 Å². The predicted octanol–water partition coefficient (Wildman–Crippen LogP) is 2.89. The molecule has 0 bridgehead atoms. The van der Waals surface area contributed by atoms with Crippen molar-refractivity contribution in [3.8, 4) is 6.07 Å². The van der Waals surface area contributed by atoms with Crippen LogP contribution in [0.1, 0.15) is 28.2 Å². The van der Waals surface area contributed by atoms with E-state index < -0.39 is 0 Å². The first kappa shape index (κ1) is 13.0. The second kappa shape index (κ2) is 5.49. The molecule has 0 amide bonds. The lowest BCUT2D eigenvalue weighted by Crippen LogP contribution is -2.05. The van der Waals surface area contributed by atoms with Gasteiger partial charge in [-0.25, -0.2) is 9.97 Å². The average molecular weight is 252 g/mol. The van der Waals surface area contributed by atoms with Crippen molar-refractivity contribution in [1.82, 2.24) is 9.97 Å². The minimum atomic E-state index is 0.385. The standard InChI is InChI=1S/C15H16N4/c1-10-4-5-11(2)13(6-10)9-17-15-7-14(8-16)18-12(3)19-15/h4-7H,9H2,1-3H3,(H,17,18,19). The molecule has 0 fully saturated rings. The first-order valence-electron chi connectivity index (χ1n) is 6.14. The van der Waals surface area contributed by atoms with E-state index in [-0.39, 0.29) is 0 Å². The molecule has 0 radical (unpaired) electrons. The first-order valence-corrected chi connectivity index (χ1v) is 6.14. The number of hydrogen-bond donors (Lipinski definition) is 1. The largest absolute Gasteiger partial charge is 0.366 e. The number of nitrogens with one attached hydrogen (secondary N) is 1. The Morgan fingerprint density at radius 2 is 1.95 bits per heavy atom. The number of nitriles is 1. The van der Waals surface area contributed by atoms with Gasteiger partial charge in [0, 0.05) is 12.6 Å². The molecule has 0 aliphatic carbocycles. The van der Waals surface area contributed by atoms with Gasteiger partial charge in [0.25, 0.3) is 0 Å². The van der Waals surface area contributed by atoms with Gasteiger partial charge < -0.3 is 5.32 Å². The van der Waals surface area contributed by atoms with Gasteiger partial charge >= 0.3 is 0 Å². The molecule has 0 saturated carbocycles. The lowest BCUT2D eigenvalue weighted by molar-refractivity contribution is 1.00. The Morgan fingerprint density at radius 3 is 2.68 bits per heavy atom. The van der Waals surface area contributed by atoms with E-state index in [4.69, 9.17) is 5.26 Å². The molecule has 1 aromatic carbocycles. The van der Waals surface area contributed by atoms with E-state index in [1.807, 2.05) is 6.07 Å². The van der Waals surface area contributed by atoms with Crippen LogP contribution < -0.4 is 5.32 Å². The highest BCUT2D eigenvalue weighted by Gasteiger charge is 2.03. The number of aryl methyl sites for hydroxylation is 3. The minimum absolute atomic E-state index is 0.385. The highest BCUT2D eigenvalue weighted by molar-refractivity contribution is 5.42. The van der Waals surface area contributed by atoms with Gasteiger partial charge in [-0.05, 0) is 31.9 Å². The van der Waals surface area contributed by atoms with Crippen LogP contribution in [0.15, 0.2) is 24.3 Å². The highest BCUT2D eigenvalue weighted by atomic mass is 15.0. The van der Waals surface area contributed by atoms with Gasteiger partial charge in [0.1, 0.15) is 23.4 Å². The molecule has 19 heavy (non-hydrogen) atoms. The van der Waals surface area contributed by atoms with Crippen molar-refractivity contribution in [2.45, 2.75) is 27.3 Å². The predicted molar refractivity (Wildman–Crippen MR) is 74.7 cm³/mol. The van der Waals surface area contributed by atoms with E-state index in [1.165, 1.54) is 16.7 Å². The minimum Gasteiger partial charge on any atom is -0.366 e. The number of benzene rings is 1. The summed E-state index contributed by atoms with van der Waals surface area (Å²) >= 11 is 0. The van der Waals surface area contributed by atoms with Crippen molar-refractivity contribution in [2.75, 3.05) is 5.32 Å². The summed E-state index contributed by atoms with van der Waals surface area (Å²) in [6.45, 7) is 6.63. The summed E-state index contributed by atoms with van der Waals surface area (Å²) < 4.78 is 0. The van der Waals surface area contributed by atoms with Crippen LogP contribution in [0.4, 0.5) is 5.82 Å². The summed E-state index contributed by atoms with van der Waals surface area (Å²) in [7, 11) is 0. The fourth-order valence-electron chi connectivity index (χ4n) is 1.89. The molecule has 0 unspecified atom stereocenters. The molecule has 0 aliphatic rings. The van der Waals surface area contributed by atoms with Crippen molar-refractivity contribution >= 4 is 5.82 Å². The number of aromatic nitrogens is 2. The number of rotatable bonds is 3. The van der Waals surface area contributed by atoms with Gasteiger partial charge in [0.2, 0.25) is 0 Å². The molecule has 2 aromatic rings. The summed E-state index contributed by atoms with van der Waals surface area (Å²) in [5.74, 6) is 1.28. The zero-order chi connectivity index (χ0) is 13.8. The van der Waals surface area contributed by atoms with E-state index in [9.17, 15) is 0 Å². The SMILES string of the molecule is Cc1ccc(C)c(CNc2cc(C#N)nc(C)n2)c1. The van der Waals surface area contributed by atoms with E-state index >= 15 is 0 Å². The van der Waals surface area contributed by atoms with Gasteiger partial charge in [-0.15, -0.1) is 0 Å². The summed E-state index contributed by atoms with van der Waals surface area (Å²) in [6, 6.07) is 10.1. The maximum absolute atomic E-state index is 8.88. The zero-order valence-corrected chi connectivity index (χ0v) is 11.4. The molecule has 4 nitrogen and oxygen atoms in total. The second-order valence-electron chi connectivity index (χ2n) is 4.58. The van der Waals surface area contributed by atoms with E-state index in [0.29, 0.717) is 23.9 Å². The van der Waals surface area contributed by atoms with Crippen molar-refractivity contribution < 1.29 is 0 Å². The first-order chi connectivity index (χ1) is 9.08. The molecule has 96 valence electrons. The molecule has 2 rings (SSSR count). The summed E-state index contributed by atoms with van der Waals surface area (Å²) in [4.78, 5) is 8.30. The quantitative estimate of drug-likeness (QED) is 0.912. The van der Waals surface area contributed by atoms with Crippen molar-refractivity contribution in [1.29, 1.82) is 5.26 Å². The Hall–Kier alpha value is -2.41. The smallest absolute Gasteiger partial charge is 0.146 e. The zero-order valence-electron chi connectivity index (χ0n) is 11.4. The maximum atomic E-state index is 8.88. The van der Waals surface area contributed by atoms with Gasteiger partial charge in [0.15, 0.2) is 0 Å². The fraction of sp³-hybridized carbons (Fsp3) is 0.267. The highest BCUT2D eigenvalue weighted by Crippen LogP contribution is 2.13. The molecule has 0 spiro atoms. The van der Waals surface area contributed by atoms with Crippen LogP contribution in [0.25, 0.3) is 0 Å². The van der Waals surface area contributed by atoms with Crippen LogP contribution in [0.2, 0.25) is 0 Å². The van der Waals surface area contributed by atoms with Crippen LogP contribution in [-0.4, -0.2) is 9.97 Å². The van der Waals surface area contributed by atoms with Gasteiger partial charge in [0.05, 0.1) is 0 Å². The third-order valence-corrected chi connectivity index (χ3v) is 2.92. The van der Waals surface area contributed by atoms with E-state index in [2.05, 4.69) is 47.3 Å². The molecule has 1 heterocycles. The van der Waals surface area contributed by atoms with Gasteiger partial charge in [-0.1, -0.05) is 23.8 Å². The molecule has 1 N–H and O–H groups in total. The van der Waals surface area contributed by atoms with Gasteiger partial charge in [-0.2, -0.15) is 5.26 Å².